The van der Waals surface area contributed by atoms with Gasteiger partial charge < -0.3 is 20.3 Å². The number of aldehydes is 1. The molecule has 0 aliphatic carbocycles. The minimum Gasteiger partial charge on any atom is -0.506 e. The maximum atomic E-state index is 10.9. The summed E-state index contributed by atoms with van der Waals surface area (Å²) >= 11 is 0. The van der Waals surface area contributed by atoms with Crippen LogP contribution >= 0.6 is 0 Å². The lowest BCUT2D eigenvalue weighted by atomic mass is 10.1. The first kappa shape index (κ1) is 25.7. The van der Waals surface area contributed by atoms with Crippen molar-refractivity contribution in [3.8, 4) is 5.75 Å². The molecular formula is C25H39NO4. The minimum atomic E-state index is -1.04. The number of aromatic carboxylic acids is 1. The molecule has 5 heteroatoms. The number of carboxylic acids is 1. The molecule has 0 aromatic heterocycles. The fourth-order valence-electron chi connectivity index (χ4n) is 3.39. The van der Waals surface area contributed by atoms with E-state index in [4.69, 9.17) is 5.11 Å². The Labute approximate surface area is 181 Å². The Morgan fingerprint density at radius 3 is 1.87 bits per heavy atom. The lowest BCUT2D eigenvalue weighted by Gasteiger charge is -2.09. The number of rotatable bonds is 19. The standard InChI is InChI=1S/C25H39NO4/c27-20-16-14-12-10-8-6-4-2-1-3-5-7-9-11-13-15-19-26-23-18-17-22(25(29)30)21-24(23)28/h1-2,17-18,20-21,26,28H,3-16,19H2,(H,29,30)/b2-1-. The van der Waals surface area contributed by atoms with E-state index in [9.17, 15) is 14.7 Å². The molecule has 3 N–H and O–H groups in total. The number of carbonyl (C=O) groups is 2. The van der Waals surface area contributed by atoms with Crippen LogP contribution in [0.25, 0.3) is 0 Å². The molecule has 30 heavy (non-hydrogen) atoms. The first-order chi connectivity index (χ1) is 14.6. The van der Waals surface area contributed by atoms with E-state index in [1.54, 1.807) is 6.07 Å². The lowest BCUT2D eigenvalue weighted by Crippen LogP contribution is -2.03. The number of phenolic OH excluding ortho intramolecular Hbond substituents is 1. The largest absolute Gasteiger partial charge is 0.506 e. The molecular weight excluding hydrogens is 378 g/mol. The average molecular weight is 418 g/mol. The maximum absolute atomic E-state index is 10.9. The highest BCUT2D eigenvalue weighted by atomic mass is 16.4. The molecule has 0 unspecified atom stereocenters. The third-order valence-corrected chi connectivity index (χ3v) is 5.22. The number of carboxylic acid groups (broad SMARTS) is 1. The summed E-state index contributed by atoms with van der Waals surface area (Å²) in [4.78, 5) is 21.1. The molecule has 0 saturated heterocycles. The number of anilines is 1. The van der Waals surface area contributed by atoms with Crippen LogP contribution in [0.15, 0.2) is 30.4 Å². The zero-order chi connectivity index (χ0) is 21.9. The van der Waals surface area contributed by atoms with E-state index in [2.05, 4.69) is 17.5 Å². The number of nitrogens with one attached hydrogen (secondary N) is 1. The van der Waals surface area contributed by atoms with Crippen LogP contribution in [0.5, 0.6) is 5.75 Å². The normalized spacial score (nSPS) is 11.1. The Hall–Kier alpha value is -2.30. The Balaban J connectivity index is 1.89. The van der Waals surface area contributed by atoms with Crippen LogP contribution in [0.3, 0.4) is 0 Å². The number of carbonyl (C=O) groups excluding carboxylic acids is 1. The number of allylic oxidation sites excluding steroid dienone is 2. The predicted molar refractivity (Wildman–Crippen MR) is 123 cm³/mol. The number of phenols is 1. The smallest absolute Gasteiger partial charge is 0.335 e. The van der Waals surface area contributed by atoms with Gasteiger partial charge in [0.1, 0.15) is 12.0 Å². The molecule has 0 radical (unpaired) electrons. The number of aromatic hydroxyl groups is 1. The molecule has 0 heterocycles. The third-order valence-electron chi connectivity index (χ3n) is 5.22. The van der Waals surface area contributed by atoms with E-state index < -0.39 is 5.97 Å². The number of hydrogen-bond acceptors (Lipinski definition) is 4. The second-order valence-corrected chi connectivity index (χ2v) is 7.86. The molecule has 0 bridgehead atoms. The van der Waals surface area contributed by atoms with E-state index >= 15 is 0 Å². The van der Waals surface area contributed by atoms with Crippen molar-refractivity contribution in [1.29, 1.82) is 0 Å². The van der Waals surface area contributed by atoms with Crippen LogP contribution in [-0.2, 0) is 4.79 Å². The van der Waals surface area contributed by atoms with Crippen LogP contribution in [0.4, 0.5) is 5.69 Å². The fraction of sp³-hybridized carbons (Fsp3) is 0.600. The van der Waals surface area contributed by atoms with Gasteiger partial charge in [-0.1, -0.05) is 57.1 Å². The van der Waals surface area contributed by atoms with Crippen molar-refractivity contribution in [3.05, 3.63) is 35.9 Å². The Morgan fingerprint density at radius 2 is 1.33 bits per heavy atom. The molecule has 0 fully saturated rings. The van der Waals surface area contributed by atoms with Gasteiger partial charge in [0.15, 0.2) is 0 Å². The van der Waals surface area contributed by atoms with Crippen LogP contribution in [0.1, 0.15) is 100 Å². The Morgan fingerprint density at radius 1 is 0.800 bits per heavy atom. The molecule has 168 valence electrons. The summed E-state index contributed by atoms with van der Waals surface area (Å²) in [5, 5.41) is 21.9. The van der Waals surface area contributed by atoms with Crippen LogP contribution in [-0.4, -0.2) is 29.0 Å². The van der Waals surface area contributed by atoms with E-state index in [0.717, 1.165) is 32.1 Å². The molecule has 5 nitrogen and oxygen atoms in total. The van der Waals surface area contributed by atoms with Gasteiger partial charge in [-0.2, -0.15) is 0 Å². The molecule has 0 aliphatic rings. The van der Waals surface area contributed by atoms with E-state index in [1.807, 2.05) is 0 Å². The van der Waals surface area contributed by atoms with Crippen molar-refractivity contribution >= 4 is 17.9 Å². The predicted octanol–water partition coefficient (Wildman–Crippen LogP) is 6.72. The van der Waals surface area contributed by atoms with Crippen molar-refractivity contribution in [3.63, 3.8) is 0 Å². The number of unbranched alkanes of at least 4 members (excludes halogenated alkanes) is 12. The van der Waals surface area contributed by atoms with Crippen LogP contribution in [0.2, 0.25) is 0 Å². The molecule has 0 aliphatic heterocycles. The fourth-order valence-corrected chi connectivity index (χ4v) is 3.39. The first-order valence-corrected chi connectivity index (χ1v) is 11.5. The second-order valence-electron chi connectivity index (χ2n) is 7.86. The third kappa shape index (κ3) is 13.0. The van der Waals surface area contributed by atoms with Crippen molar-refractivity contribution in [2.75, 3.05) is 11.9 Å². The molecule has 0 atom stereocenters. The van der Waals surface area contributed by atoms with Gasteiger partial charge in [-0.15, -0.1) is 0 Å². The van der Waals surface area contributed by atoms with Gasteiger partial charge in [0.05, 0.1) is 11.3 Å². The molecule has 1 aromatic rings. The van der Waals surface area contributed by atoms with Gasteiger partial charge in [-0.05, 0) is 56.7 Å². The summed E-state index contributed by atoms with van der Waals surface area (Å²) in [7, 11) is 0. The van der Waals surface area contributed by atoms with Crippen molar-refractivity contribution < 1.29 is 19.8 Å². The zero-order valence-corrected chi connectivity index (χ0v) is 18.3. The minimum absolute atomic E-state index is 0.0162. The zero-order valence-electron chi connectivity index (χ0n) is 18.3. The summed E-state index contributed by atoms with van der Waals surface area (Å²) in [6, 6.07) is 4.39. The van der Waals surface area contributed by atoms with Gasteiger partial charge >= 0.3 is 5.97 Å². The van der Waals surface area contributed by atoms with E-state index in [0.29, 0.717) is 12.1 Å². The average Bonchev–Trinajstić information content (AvgIpc) is 2.73. The molecule has 1 rings (SSSR count). The maximum Gasteiger partial charge on any atom is 0.335 e. The first-order valence-electron chi connectivity index (χ1n) is 11.5. The molecule has 1 aromatic carbocycles. The van der Waals surface area contributed by atoms with E-state index in [1.165, 1.54) is 76.3 Å². The quantitative estimate of drug-likeness (QED) is 0.101. The highest BCUT2D eigenvalue weighted by Gasteiger charge is 2.06. The second kappa shape index (κ2) is 17.5. The van der Waals surface area contributed by atoms with Crippen LogP contribution in [0, 0.1) is 0 Å². The summed E-state index contributed by atoms with van der Waals surface area (Å²) in [5.41, 5.74) is 0.681. The number of hydrogen-bond donors (Lipinski definition) is 3. The summed E-state index contributed by atoms with van der Waals surface area (Å²) in [6.45, 7) is 0.778. The Bertz CT molecular complexity index is 628. The van der Waals surface area contributed by atoms with Gasteiger partial charge in [0, 0.05) is 13.0 Å². The summed E-state index contributed by atoms with van der Waals surface area (Å²) < 4.78 is 0. The highest BCUT2D eigenvalue weighted by Crippen LogP contribution is 2.24. The van der Waals surface area contributed by atoms with Crippen molar-refractivity contribution in [1.82, 2.24) is 0 Å². The van der Waals surface area contributed by atoms with Crippen molar-refractivity contribution in [2.45, 2.75) is 89.9 Å². The SMILES string of the molecule is O=CCCCCCCC/C=C\CCCCCCCCNc1ccc(C(=O)O)cc1O. The summed E-state index contributed by atoms with van der Waals surface area (Å²) in [5.74, 6) is -1.05. The van der Waals surface area contributed by atoms with Gasteiger partial charge in [-0.25, -0.2) is 4.79 Å². The van der Waals surface area contributed by atoms with Gasteiger partial charge in [0.25, 0.3) is 0 Å². The van der Waals surface area contributed by atoms with Crippen LogP contribution < -0.4 is 5.32 Å². The molecule has 0 spiro atoms. The van der Waals surface area contributed by atoms with Crippen molar-refractivity contribution in [2.24, 2.45) is 0 Å². The summed E-state index contributed by atoms with van der Waals surface area (Å²) in [6.07, 6.45) is 21.9. The highest BCUT2D eigenvalue weighted by molar-refractivity contribution is 5.89. The van der Waals surface area contributed by atoms with Gasteiger partial charge in [-0.3, -0.25) is 0 Å². The van der Waals surface area contributed by atoms with E-state index in [-0.39, 0.29) is 11.3 Å². The topological polar surface area (TPSA) is 86.6 Å². The Kier molecular flexibility index (Phi) is 15.1. The molecule has 0 amide bonds. The monoisotopic (exact) mass is 417 g/mol. The molecule has 0 saturated carbocycles. The van der Waals surface area contributed by atoms with Gasteiger partial charge in [0.2, 0.25) is 0 Å². The number of benzene rings is 1. The lowest BCUT2D eigenvalue weighted by molar-refractivity contribution is -0.107.